The molecule has 6 nitrogen and oxygen atoms in total. The largest absolute Gasteiger partial charge is 0.493 e. The molecule has 0 saturated carbocycles. The molecule has 7 heteroatoms. The van der Waals surface area contributed by atoms with E-state index in [4.69, 9.17) is 25.8 Å². The average Bonchev–Trinajstić information content (AvgIpc) is 2.72. The zero-order chi connectivity index (χ0) is 21.4. The summed E-state index contributed by atoms with van der Waals surface area (Å²) in [7, 11) is 3.09. The summed E-state index contributed by atoms with van der Waals surface area (Å²) in [4.78, 5) is 27.3. The first-order valence-electron chi connectivity index (χ1n) is 9.37. The normalized spacial score (nSPS) is 11.5. The number of esters is 1. The Kier molecular flexibility index (Phi) is 8.34. The van der Waals surface area contributed by atoms with Crippen molar-refractivity contribution in [3.63, 3.8) is 0 Å². The minimum Gasteiger partial charge on any atom is -0.493 e. The Hall–Kier alpha value is -2.73. The summed E-state index contributed by atoms with van der Waals surface area (Å²) in [6.07, 6.45) is 0.109. The predicted octanol–water partition coefficient (Wildman–Crippen LogP) is 4.05. The Balaban J connectivity index is 2.32. The number of rotatable bonds is 9. The molecule has 0 fully saturated rings. The third-order valence-corrected chi connectivity index (χ3v) is 4.72. The van der Waals surface area contributed by atoms with E-state index in [2.05, 4.69) is 0 Å². The van der Waals surface area contributed by atoms with E-state index in [-0.39, 0.29) is 18.9 Å². The van der Waals surface area contributed by atoms with E-state index < -0.39 is 12.0 Å². The van der Waals surface area contributed by atoms with Crippen LogP contribution < -0.4 is 9.47 Å². The maximum atomic E-state index is 13.1. The molecule has 156 valence electrons. The molecule has 0 heterocycles. The van der Waals surface area contributed by atoms with Crippen LogP contribution in [0.15, 0.2) is 42.5 Å². The fourth-order valence-electron chi connectivity index (χ4n) is 3.08. The van der Waals surface area contributed by atoms with Gasteiger partial charge in [-0.05, 0) is 49.2 Å². The van der Waals surface area contributed by atoms with Gasteiger partial charge in [-0.2, -0.15) is 0 Å². The molecular weight excluding hydrogens is 394 g/mol. The van der Waals surface area contributed by atoms with Crippen molar-refractivity contribution in [1.82, 2.24) is 4.90 Å². The van der Waals surface area contributed by atoms with Gasteiger partial charge in [-0.3, -0.25) is 4.79 Å². The second kappa shape index (κ2) is 10.7. The van der Waals surface area contributed by atoms with Crippen LogP contribution in [0.1, 0.15) is 31.0 Å². The highest BCUT2D eigenvalue weighted by Crippen LogP contribution is 2.29. The first kappa shape index (κ1) is 22.6. The van der Waals surface area contributed by atoms with Crippen LogP contribution in [0.25, 0.3) is 0 Å². The van der Waals surface area contributed by atoms with Crippen LogP contribution in [0.5, 0.6) is 11.5 Å². The number of ether oxygens (including phenoxy) is 3. The molecule has 0 aliphatic carbocycles. The highest BCUT2D eigenvalue weighted by Gasteiger charge is 2.31. The number of amides is 1. The van der Waals surface area contributed by atoms with Crippen molar-refractivity contribution in [2.75, 3.05) is 27.4 Å². The molecule has 0 spiro atoms. The molecule has 2 aromatic rings. The lowest BCUT2D eigenvalue weighted by atomic mass is 10.0. The van der Waals surface area contributed by atoms with Gasteiger partial charge in [0.2, 0.25) is 5.91 Å². The van der Waals surface area contributed by atoms with Gasteiger partial charge in [0.25, 0.3) is 0 Å². The summed E-state index contributed by atoms with van der Waals surface area (Å²) in [5.41, 5.74) is 1.40. The lowest BCUT2D eigenvalue weighted by Gasteiger charge is -2.29. The molecule has 0 bridgehead atoms. The number of halogens is 1. The quantitative estimate of drug-likeness (QED) is 0.573. The summed E-state index contributed by atoms with van der Waals surface area (Å²) in [6, 6.07) is 11.3. The van der Waals surface area contributed by atoms with E-state index in [0.717, 1.165) is 5.56 Å². The minimum atomic E-state index is -0.843. The molecule has 0 aliphatic heterocycles. The van der Waals surface area contributed by atoms with E-state index in [0.29, 0.717) is 28.6 Å². The van der Waals surface area contributed by atoms with Gasteiger partial charge < -0.3 is 19.1 Å². The van der Waals surface area contributed by atoms with Gasteiger partial charge in [-0.25, -0.2) is 4.79 Å². The molecule has 0 radical (unpaired) electrons. The predicted molar refractivity (Wildman–Crippen MR) is 111 cm³/mol. The summed E-state index contributed by atoms with van der Waals surface area (Å²) in [5.74, 6) is 0.451. The van der Waals surface area contributed by atoms with Crippen LogP contribution in [0.4, 0.5) is 0 Å². The second-order valence-corrected chi connectivity index (χ2v) is 6.69. The molecule has 2 aromatic carbocycles. The Bertz CT molecular complexity index is 838. The maximum absolute atomic E-state index is 13.1. The number of methoxy groups -OCH3 is 2. The van der Waals surface area contributed by atoms with Crippen LogP contribution in [-0.2, 0) is 20.7 Å². The molecule has 2 rings (SSSR count). The van der Waals surface area contributed by atoms with Crippen LogP contribution in [0.2, 0.25) is 5.02 Å². The second-order valence-electron chi connectivity index (χ2n) is 6.25. The Morgan fingerprint density at radius 3 is 2.21 bits per heavy atom. The number of carbonyl (C=O) groups is 2. The third kappa shape index (κ3) is 5.64. The first-order chi connectivity index (χ1) is 13.9. The molecule has 0 N–H and O–H groups in total. The van der Waals surface area contributed by atoms with Gasteiger partial charge >= 0.3 is 5.97 Å². The van der Waals surface area contributed by atoms with Gasteiger partial charge in [0.05, 0.1) is 27.2 Å². The van der Waals surface area contributed by atoms with Crippen LogP contribution in [0.3, 0.4) is 0 Å². The lowest BCUT2D eigenvalue weighted by Crippen LogP contribution is -2.40. The van der Waals surface area contributed by atoms with Crippen molar-refractivity contribution in [3.05, 3.63) is 58.6 Å². The molecule has 29 heavy (non-hydrogen) atoms. The van der Waals surface area contributed by atoms with Gasteiger partial charge in [0.15, 0.2) is 17.5 Å². The molecule has 1 atom stereocenters. The lowest BCUT2D eigenvalue weighted by molar-refractivity contribution is -0.155. The Morgan fingerprint density at radius 1 is 1.00 bits per heavy atom. The van der Waals surface area contributed by atoms with Crippen molar-refractivity contribution in [2.45, 2.75) is 26.3 Å². The summed E-state index contributed by atoms with van der Waals surface area (Å²) in [6.45, 7) is 4.13. The SMILES string of the molecule is CCOC(=O)[C@H](c1ccc(Cl)cc1)N(CC)C(=O)Cc1ccc(OC)c(OC)c1. The number of hydrogen-bond acceptors (Lipinski definition) is 5. The van der Waals surface area contributed by atoms with E-state index in [1.54, 1.807) is 63.6 Å². The third-order valence-electron chi connectivity index (χ3n) is 4.47. The molecule has 1 amide bonds. The van der Waals surface area contributed by atoms with Crippen molar-refractivity contribution < 1.29 is 23.8 Å². The number of benzene rings is 2. The summed E-state index contributed by atoms with van der Waals surface area (Å²) in [5, 5.41) is 0.552. The maximum Gasteiger partial charge on any atom is 0.333 e. The van der Waals surface area contributed by atoms with E-state index in [1.165, 1.54) is 4.90 Å². The van der Waals surface area contributed by atoms with E-state index in [9.17, 15) is 9.59 Å². The zero-order valence-electron chi connectivity index (χ0n) is 17.1. The van der Waals surface area contributed by atoms with Crippen LogP contribution >= 0.6 is 11.6 Å². The van der Waals surface area contributed by atoms with Crippen molar-refractivity contribution in [3.8, 4) is 11.5 Å². The first-order valence-corrected chi connectivity index (χ1v) is 9.75. The zero-order valence-corrected chi connectivity index (χ0v) is 17.9. The summed E-state index contributed by atoms with van der Waals surface area (Å²) < 4.78 is 15.8. The van der Waals surface area contributed by atoms with E-state index >= 15 is 0 Å². The van der Waals surface area contributed by atoms with Crippen LogP contribution in [-0.4, -0.2) is 44.1 Å². The monoisotopic (exact) mass is 419 g/mol. The number of likely N-dealkylation sites (N-methyl/N-ethyl adjacent to an activating group) is 1. The van der Waals surface area contributed by atoms with Crippen LogP contribution in [0, 0.1) is 0 Å². The molecule has 0 aliphatic rings. The fraction of sp³-hybridized carbons (Fsp3) is 0.364. The highest BCUT2D eigenvalue weighted by molar-refractivity contribution is 6.30. The van der Waals surface area contributed by atoms with Crippen molar-refractivity contribution in [2.24, 2.45) is 0 Å². The van der Waals surface area contributed by atoms with Crippen molar-refractivity contribution >= 4 is 23.5 Å². The smallest absolute Gasteiger partial charge is 0.333 e. The standard InChI is InChI=1S/C22H26ClNO5/c1-5-24(20(25)14-15-7-12-18(27-3)19(13-15)28-4)21(22(26)29-6-2)16-8-10-17(23)11-9-16/h7-13,21H,5-6,14H2,1-4H3/t21-/m0/s1. The molecule has 0 saturated heterocycles. The van der Waals surface area contributed by atoms with Gasteiger partial charge in [-0.15, -0.1) is 0 Å². The summed E-state index contributed by atoms with van der Waals surface area (Å²) >= 11 is 5.97. The minimum absolute atomic E-state index is 0.109. The van der Waals surface area contributed by atoms with Gasteiger partial charge in [0, 0.05) is 11.6 Å². The van der Waals surface area contributed by atoms with E-state index in [1.807, 2.05) is 6.92 Å². The molecule has 0 aromatic heterocycles. The Labute approximate surface area is 176 Å². The number of nitrogens with zero attached hydrogens (tertiary/aromatic N) is 1. The number of hydrogen-bond donors (Lipinski definition) is 0. The van der Waals surface area contributed by atoms with Crippen molar-refractivity contribution in [1.29, 1.82) is 0 Å². The highest BCUT2D eigenvalue weighted by atomic mass is 35.5. The Morgan fingerprint density at radius 2 is 1.66 bits per heavy atom. The van der Waals surface area contributed by atoms with Gasteiger partial charge in [-0.1, -0.05) is 29.8 Å². The molecule has 0 unspecified atom stereocenters. The number of carbonyl (C=O) groups excluding carboxylic acids is 2. The average molecular weight is 420 g/mol. The fourth-order valence-corrected chi connectivity index (χ4v) is 3.21. The molecular formula is C22H26ClNO5. The topological polar surface area (TPSA) is 65.1 Å². The van der Waals surface area contributed by atoms with Gasteiger partial charge in [0.1, 0.15) is 0 Å².